The second-order valence-electron chi connectivity index (χ2n) is 6.06. The first kappa shape index (κ1) is 15.3. The van der Waals surface area contributed by atoms with Gasteiger partial charge in [0.25, 0.3) is 0 Å². The summed E-state index contributed by atoms with van der Waals surface area (Å²) in [6.07, 6.45) is 8.74. The van der Waals surface area contributed by atoms with E-state index in [0.717, 1.165) is 19.3 Å². The number of carbonyl (C=O) groups is 1. The largest absolute Gasteiger partial charge is 0.468 e. The summed E-state index contributed by atoms with van der Waals surface area (Å²) in [5.74, 6) is 0.512. The maximum Gasteiger partial charge on any atom is 0.226 e. The molecule has 1 aliphatic carbocycles. The fraction of sp³-hybridized carbons (Fsp3) is 0.562. The van der Waals surface area contributed by atoms with Crippen molar-refractivity contribution in [3.05, 3.63) is 36.3 Å². The Hall–Kier alpha value is -1.56. The van der Waals surface area contributed by atoms with Gasteiger partial charge >= 0.3 is 0 Å². The molecular formula is C16H21NO4S. The van der Waals surface area contributed by atoms with Gasteiger partial charge in [-0.3, -0.25) is 4.79 Å². The molecule has 0 radical (unpaired) electrons. The molecule has 0 aromatic carbocycles. The van der Waals surface area contributed by atoms with Crippen molar-refractivity contribution in [3.8, 4) is 0 Å². The molecule has 2 aliphatic rings. The third kappa shape index (κ3) is 3.27. The third-order valence-electron chi connectivity index (χ3n) is 4.51. The third-order valence-corrected chi connectivity index (χ3v) is 6.59. The molecule has 6 heteroatoms. The van der Waals surface area contributed by atoms with Crippen LogP contribution in [-0.4, -0.2) is 37.6 Å². The highest BCUT2D eigenvalue weighted by Gasteiger charge is 2.37. The number of hydrogen-bond acceptors (Lipinski definition) is 4. The molecule has 1 aliphatic heterocycles. The average Bonchev–Trinajstić information content (AvgIpc) is 3.18. The van der Waals surface area contributed by atoms with Crippen molar-refractivity contribution in [1.29, 1.82) is 0 Å². The first-order chi connectivity index (χ1) is 10.6. The summed E-state index contributed by atoms with van der Waals surface area (Å²) < 4.78 is 30.0. The van der Waals surface area contributed by atoms with Gasteiger partial charge in [0.05, 0.1) is 11.5 Å². The number of sulfone groups is 1. The molecule has 1 aromatic heterocycles. The molecule has 0 N–H and O–H groups in total. The second kappa shape index (κ2) is 6.28. The Morgan fingerprint density at radius 3 is 2.86 bits per heavy atom. The molecular weight excluding hydrogens is 302 g/mol. The van der Waals surface area contributed by atoms with Crippen LogP contribution in [-0.2, 0) is 20.4 Å². The Morgan fingerprint density at radius 2 is 2.18 bits per heavy atom. The Balaban J connectivity index is 1.61. The van der Waals surface area contributed by atoms with E-state index in [0.29, 0.717) is 25.3 Å². The molecule has 5 nitrogen and oxygen atoms in total. The summed E-state index contributed by atoms with van der Waals surface area (Å²) in [5.41, 5.74) is 0. The molecule has 0 unspecified atom stereocenters. The first-order valence-corrected chi connectivity index (χ1v) is 9.45. The zero-order valence-electron chi connectivity index (χ0n) is 12.5. The van der Waals surface area contributed by atoms with Crippen LogP contribution in [0, 0.1) is 5.92 Å². The molecule has 3 rings (SSSR count). The van der Waals surface area contributed by atoms with Crippen LogP contribution in [0.2, 0.25) is 0 Å². The standard InChI is InChI=1S/C16H21NO4S/c18-16(13-5-2-1-3-6-13)17-9-8-15(11-17)22(19,20)12-14-7-4-10-21-14/h1-2,4,7,10,13,15H,3,5-6,8-9,11-12H2/t13-,15+/m1/s1. The lowest BCUT2D eigenvalue weighted by Gasteiger charge is -2.24. The van der Waals surface area contributed by atoms with E-state index in [2.05, 4.69) is 6.08 Å². The van der Waals surface area contributed by atoms with E-state index < -0.39 is 15.1 Å². The van der Waals surface area contributed by atoms with E-state index in [1.54, 1.807) is 17.0 Å². The molecule has 1 aromatic rings. The fourth-order valence-electron chi connectivity index (χ4n) is 3.21. The number of allylic oxidation sites excluding steroid dienone is 2. The summed E-state index contributed by atoms with van der Waals surface area (Å²) in [4.78, 5) is 14.2. The molecule has 120 valence electrons. The Kier molecular flexibility index (Phi) is 4.38. The highest BCUT2D eigenvalue weighted by Crippen LogP contribution is 2.26. The zero-order chi connectivity index (χ0) is 15.6. The number of rotatable bonds is 4. The Morgan fingerprint density at radius 1 is 1.32 bits per heavy atom. The summed E-state index contributed by atoms with van der Waals surface area (Å²) in [6, 6.07) is 3.36. The van der Waals surface area contributed by atoms with Crippen LogP contribution in [0.1, 0.15) is 31.4 Å². The highest BCUT2D eigenvalue weighted by molar-refractivity contribution is 7.91. The van der Waals surface area contributed by atoms with Crippen LogP contribution in [0.3, 0.4) is 0 Å². The van der Waals surface area contributed by atoms with Gasteiger partial charge in [0.2, 0.25) is 5.91 Å². The molecule has 0 saturated carbocycles. The minimum atomic E-state index is -3.28. The van der Waals surface area contributed by atoms with Gasteiger partial charge in [-0.1, -0.05) is 12.2 Å². The number of likely N-dealkylation sites (tertiary alicyclic amines) is 1. The van der Waals surface area contributed by atoms with Crippen LogP contribution >= 0.6 is 0 Å². The zero-order valence-corrected chi connectivity index (χ0v) is 13.3. The van der Waals surface area contributed by atoms with Crippen molar-refractivity contribution in [1.82, 2.24) is 4.90 Å². The van der Waals surface area contributed by atoms with Gasteiger partial charge in [-0.05, 0) is 37.8 Å². The van der Waals surface area contributed by atoms with E-state index in [9.17, 15) is 13.2 Å². The predicted octanol–water partition coefficient (Wildman–Crippen LogP) is 2.15. The van der Waals surface area contributed by atoms with Crippen LogP contribution in [0.25, 0.3) is 0 Å². The van der Waals surface area contributed by atoms with E-state index in [1.165, 1.54) is 6.26 Å². The van der Waals surface area contributed by atoms with Crippen molar-refractivity contribution >= 4 is 15.7 Å². The van der Waals surface area contributed by atoms with Crippen molar-refractivity contribution < 1.29 is 17.6 Å². The van der Waals surface area contributed by atoms with E-state index >= 15 is 0 Å². The number of amides is 1. The molecule has 2 heterocycles. The molecule has 1 saturated heterocycles. The molecule has 1 fully saturated rings. The van der Waals surface area contributed by atoms with Crippen LogP contribution in [0.4, 0.5) is 0 Å². The summed E-state index contributed by atoms with van der Waals surface area (Å²) >= 11 is 0. The Bertz CT molecular complexity index is 648. The summed E-state index contributed by atoms with van der Waals surface area (Å²) in [6.45, 7) is 0.864. The normalized spacial score (nSPS) is 25.5. The highest BCUT2D eigenvalue weighted by atomic mass is 32.2. The van der Waals surface area contributed by atoms with Crippen molar-refractivity contribution in [3.63, 3.8) is 0 Å². The van der Waals surface area contributed by atoms with Crippen molar-refractivity contribution in [2.75, 3.05) is 13.1 Å². The van der Waals surface area contributed by atoms with Gasteiger partial charge in [0.1, 0.15) is 11.5 Å². The van der Waals surface area contributed by atoms with Gasteiger partial charge in [-0.25, -0.2) is 8.42 Å². The maximum atomic E-state index is 12.5. The minimum Gasteiger partial charge on any atom is -0.468 e. The van der Waals surface area contributed by atoms with Gasteiger partial charge in [0.15, 0.2) is 9.84 Å². The van der Waals surface area contributed by atoms with E-state index in [4.69, 9.17) is 4.42 Å². The van der Waals surface area contributed by atoms with Crippen LogP contribution < -0.4 is 0 Å². The number of carbonyl (C=O) groups excluding carboxylic acids is 1. The van der Waals surface area contributed by atoms with Gasteiger partial charge in [0, 0.05) is 19.0 Å². The fourth-order valence-corrected chi connectivity index (χ4v) is 4.88. The monoisotopic (exact) mass is 323 g/mol. The maximum absolute atomic E-state index is 12.5. The first-order valence-electron chi connectivity index (χ1n) is 7.74. The lowest BCUT2D eigenvalue weighted by Crippen LogP contribution is -2.36. The van der Waals surface area contributed by atoms with Gasteiger partial charge in [-0.15, -0.1) is 0 Å². The number of nitrogens with zero attached hydrogens (tertiary/aromatic N) is 1. The smallest absolute Gasteiger partial charge is 0.226 e. The van der Waals surface area contributed by atoms with E-state index in [-0.39, 0.29) is 17.6 Å². The molecule has 0 spiro atoms. The second-order valence-corrected chi connectivity index (χ2v) is 8.34. The van der Waals surface area contributed by atoms with Crippen molar-refractivity contribution in [2.24, 2.45) is 5.92 Å². The average molecular weight is 323 g/mol. The summed E-state index contributed by atoms with van der Waals surface area (Å²) in [7, 11) is -3.28. The molecule has 2 atom stereocenters. The quantitative estimate of drug-likeness (QED) is 0.796. The lowest BCUT2D eigenvalue weighted by atomic mass is 9.93. The Labute approximate surface area is 130 Å². The van der Waals surface area contributed by atoms with Crippen LogP contribution in [0.15, 0.2) is 35.0 Å². The van der Waals surface area contributed by atoms with Gasteiger partial charge < -0.3 is 9.32 Å². The minimum absolute atomic E-state index is 0.0246. The SMILES string of the molecule is O=C([C@@H]1CC=CCC1)N1CC[C@H](S(=O)(=O)Cc2ccco2)C1. The van der Waals surface area contributed by atoms with Crippen LogP contribution in [0.5, 0.6) is 0 Å². The topological polar surface area (TPSA) is 67.6 Å². The lowest BCUT2D eigenvalue weighted by molar-refractivity contribution is -0.134. The van der Waals surface area contributed by atoms with E-state index in [1.807, 2.05) is 6.08 Å². The van der Waals surface area contributed by atoms with Crippen molar-refractivity contribution in [2.45, 2.75) is 36.7 Å². The molecule has 22 heavy (non-hydrogen) atoms. The molecule has 1 amide bonds. The molecule has 0 bridgehead atoms. The predicted molar refractivity (Wildman–Crippen MR) is 82.8 cm³/mol. The summed E-state index contributed by atoms with van der Waals surface area (Å²) in [5, 5.41) is -0.472. The number of hydrogen-bond donors (Lipinski definition) is 0. The number of furan rings is 1. The van der Waals surface area contributed by atoms with Gasteiger partial charge in [-0.2, -0.15) is 0 Å².